The first kappa shape index (κ1) is 29.3. The number of aliphatic hydroxyl groups excluding tert-OH is 1. The fourth-order valence-corrected chi connectivity index (χ4v) is 8.45. The molecule has 2 fully saturated rings. The first-order valence-corrected chi connectivity index (χ1v) is 16.0. The van der Waals surface area contributed by atoms with Crippen LogP contribution in [0.5, 0.6) is 11.5 Å². The van der Waals surface area contributed by atoms with Crippen LogP contribution in [0.2, 0.25) is 0 Å². The van der Waals surface area contributed by atoms with E-state index in [0.29, 0.717) is 23.3 Å². The van der Waals surface area contributed by atoms with E-state index in [4.69, 9.17) is 0 Å². The molecule has 0 amide bonds. The number of aryl methyl sites for hydroxylation is 1. The summed E-state index contributed by atoms with van der Waals surface area (Å²) in [6, 6.07) is 34.4. The van der Waals surface area contributed by atoms with Crippen LogP contribution >= 0.6 is 0 Å². The number of fused-ring (bicyclic) bond motifs is 5. The molecule has 222 valence electrons. The van der Waals surface area contributed by atoms with Gasteiger partial charge in [0, 0.05) is 0 Å². The van der Waals surface area contributed by atoms with Crippen molar-refractivity contribution in [2.75, 3.05) is 0 Å². The van der Waals surface area contributed by atoms with E-state index in [-0.39, 0.29) is 11.5 Å². The standard InChI is InChI=1S/C22H20O.C18H24O2/c1-2-21(17-9-5-3-6-10-17)22(18-11-7-4-8-12-18)19-13-15-20(23)16-14-19;1-18-9-8-14-13-5-3-12(19)10-11(13)2-4-15(14)16(18)6-7-17(18)20/h3-16,23H,2H2,1H3;3,5,10,14-17,19-20H,2,4,6-9H2,1H3/b22-21-;/t;14-,15-,16+,17+,18+/m.1/s1. The molecule has 3 N–H and O–H groups in total. The van der Waals surface area contributed by atoms with Gasteiger partial charge in [-0.25, -0.2) is 0 Å². The highest BCUT2D eigenvalue weighted by atomic mass is 16.3. The second-order valence-electron chi connectivity index (χ2n) is 12.9. The van der Waals surface area contributed by atoms with Crippen molar-refractivity contribution in [3.63, 3.8) is 0 Å². The van der Waals surface area contributed by atoms with Crippen LogP contribution in [0.3, 0.4) is 0 Å². The maximum atomic E-state index is 10.4. The lowest BCUT2D eigenvalue weighted by Gasteiger charge is -2.50. The molecule has 3 aliphatic carbocycles. The van der Waals surface area contributed by atoms with E-state index < -0.39 is 0 Å². The lowest BCUT2D eigenvalue weighted by Crippen LogP contribution is -2.43. The van der Waals surface area contributed by atoms with Gasteiger partial charge in [0.05, 0.1) is 6.10 Å². The first-order chi connectivity index (χ1) is 20.9. The highest BCUT2D eigenvalue weighted by molar-refractivity contribution is 5.98. The minimum atomic E-state index is -0.0883. The van der Waals surface area contributed by atoms with Crippen LogP contribution in [-0.4, -0.2) is 21.4 Å². The molecule has 7 rings (SSSR count). The van der Waals surface area contributed by atoms with Crippen molar-refractivity contribution in [2.45, 2.75) is 70.8 Å². The predicted molar refractivity (Wildman–Crippen MR) is 176 cm³/mol. The fourth-order valence-electron chi connectivity index (χ4n) is 8.45. The molecule has 3 nitrogen and oxygen atoms in total. The maximum absolute atomic E-state index is 10.4. The lowest BCUT2D eigenvalue weighted by atomic mass is 9.55. The molecule has 0 saturated heterocycles. The van der Waals surface area contributed by atoms with Crippen molar-refractivity contribution in [2.24, 2.45) is 17.3 Å². The second-order valence-corrected chi connectivity index (χ2v) is 12.9. The topological polar surface area (TPSA) is 60.7 Å². The van der Waals surface area contributed by atoms with Crippen LogP contribution in [0.1, 0.15) is 86.1 Å². The molecule has 3 heteroatoms. The van der Waals surface area contributed by atoms with Crippen LogP contribution in [-0.2, 0) is 6.42 Å². The predicted octanol–water partition coefficient (Wildman–Crippen LogP) is 9.37. The Kier molecular flexibility index (Phi) is 8.45. The van der Waals surface area contributed by atoms with Crippen LogP contribution in [0.4, 0.5) is 0 Å². The molecule has 0 aromatic heterocycles. The van der Waals surface area contributed by atoms with Crippen LogP contribution in [0.25, 0.3) is 11.1 Å². The van der Waals surface area contributed by atoms with Gasteiger partial charge >= 0.3 is 0 Å². The molecule has 0 unspecified atom stereocenters. The average Bonchev–Trinajstić information content (AvgIpc) is 3.35. The lowest BCUT2D eigenvalue weighted by molar-refractivity contribution is -0.0226. The summed E-state index contributed by atoms with van der Waals surface area (Å²) in [7, 11) is 0. The molecule has 0 radical (unpaired) electrons. The van der Waals surface area contributed by atoms with E-state index >= 15 is 0 Å². The molecule has 0 bridgehead atoms. The zero-order valence-electron chi connectivity index (χ0n) is 25.4. The zero-order valence-corrected chi connectivity index (χ0v) is 25.4. The number of aromatic hydroxyl groups is 2. The van der Waals surface area contributed by atoms with Gasteiger partial charge in [-0.15, -0.1) is 0 Å². The van der Waals surface area contributed by atoms with Gasteiger partial charge in [-0.1, -0.05) is 92.7 Å². The molecule has 43 heavy (non-hydrogen) atoms. The van der Waals surface area contributed by atoms with Crippen molar-refractivity contribution >= 4 is 11.1 Å². The van der Waals surface area contributed by atoms with Crippen molar-refractivity contribution in [1.82, 2.24) is 0 Å². The average molecular weight is 573 g/mol. The van der Waals surface area contributed by atoms with Crippen molar-refractivity contribution in [1.29, 1.82) is 0 Å². The normalized spacial score (nSPS) is 26.2. The van der Waals surface area contributed by atoms with E-state index in [1.165, 1.54) is 52.7 Å². The van der Waals surface area contributed by atoms with Gasteiger partial charge in [-0.3, -0.25) is 0 Å². The number of benzene rings is 4. The summed E-state index contributed by atoms with van der Waals surface area (Å²) < 4.78 is 0. The van der Waals surface area contributed by atoms with Crippen LogP contribution in [0.15, 0.2) is 103 Å². The van der Waals surface area contributed by atoms with Gasteiger partial charge in [0.15, 0.2) is 0 Å². The number of allylic oxidation sites excluding steroid dienone is 1. The number of rotatable bonds is 4. The molecule has 5 atom stereocenters. The monoisotopic (exact) mass is 572 g/mol. The third-order valence-corrected chi connectivity index (χ3v) is 10.7. The molecule has 0 heterocycles. The summed E-state index contributed by atoms with van der Waals surface area (Å²) >= 11 is 0. The van der Waals surface area contributed by atoms with Crippen molar-refractivity contribution in [3.8, 4) is 11.5 Å². The van der Waals surface area contributed by atoms with E-state index in [2.05, 4.69) is 68.4 Å². The summed E-state index contributed by atoms with van der Waals surface area (Å²) in [4.78, 5) is 0. The van der Waals surface area contributed by atoms with Gasteiger partial charge in [0.1, 0.15) is 11.5 Å². The number of phenolic OH excluding ortho intramolecular Hbond substituents is 2. The van der Waals surface area contributed by atoms with E-state index in [1.807, 2.05) is 36.4 Å². The molecular weight excluding hydrogens is 528 g/mol. The third kappa shape index (κ3) is 5.76. The summed E-state index contributed by atoms with van der Waals surface area (Å²) in [6.07, 6.45) is 7.72. The summed E-state index contributed by atoms with van der Waals surface area (Å²) in [5.74, 6) is 2.78. The Labute approximate surface area is 256 Å². The largest absolute Gasteiger partial charge is 0.508 e. The van der Waals surface area contributed by atoms with Gasteiger partial charge in [0.25, 0.3) is 0 Å². The van der Waals surface area contributed by atoms with E-state index in [1.54, 1.807) is 12.1 Å². The third-order valence-electron chi connectivity index (χ3n) is 10.7. The molecule has 3 aliphatic rings. The van der Waals surface area contributed by atoms with Crippen molar-refractivity contribution < 1.29 is 15.3 Å². The fraction of sp³-hybridized carbons (Fsp3) is 0.350. The molecule has 0 aliphatic heterocycles. The van der Waals surface area contributed by atoms with Gasteiger partial charge in [0.2, 0.25) is 0 Å². The highest BCUT2D eigenvalue weighted by Gasteiger charge is 2.54. The summed E-state index contributed by atoms with van der Waals surface area (Å²) in [5, 5.41) is 29.7. The summed E-state index contributed by atoms with van der Waals surface area (Å²) in [6.45, 7) is 4.50. The number of aliphatic hydroxyl groups is 1. The minimum absolute atomic E-state index is 0.0883. The second kappa shape index (κ2) is 12.4. The number of hydrogen-bond donors (Lipinski definition) is 3. The molecule has 4 aromatic rings. The molecular formula is C40H44O3. The molecule has 2 saturated carbocycles. The van der Waals surface area contributed by atoms with E-state index in [0.717, 1.165) is 37.2 Å². The smallest absolute Gasteiger partial charge is 0.115 e. The molecule has 0 spiro atoms. The Bertz CT molecular complexity index is 1560. The SMILES string of the molecule is CC/C(=C(\c1ccccc1)c1ccc(O)cc1)c1ccccc1.C[C@]12CC[C@@H]3c4ccc(O)cc4CC[C@H]3[C@@H]1CC[C@@H]2O. The van der Waals surface area contributed by atoms with Gasteiger partial charge in [-0.2, -0.15) is 0 Å². The van der Waals surface area contributed by atoms with Crippen LogP contribution in [0, 0.1) is 17.3 Å². The zero-order chi connectivity index (χ0) is 30.0. The molecule has 4 aromatic carbocycles. The van der Waals surface area contributed by atoms with Gasteiger partial charge in [-0.05, 0) is 131 Å². The maximum Gasteiger partial charge on any atom is 0.115 e. The van der Waals surface area contributed by atoms with Crippen molar-refractivity contribution in [3.05, 3.63) is 131 Å². The Morgan fingerprint density at radius 2 is 1.35 bits per heavy atom. The Morgan fingerprint density at radius 3 is 2.02 bits per heavy atom. The van der Waals surface area contributed by atoms with Gasteiger partial charge < -0.3 is 15.3 Å². The van der Waals surface area contributed by atoms with E-state index in [9.17, 15) is 15.3 Å². The Balaban J connectivity index is 0.000000154. The van der Waals surface area contributed by atoms with Crippen LogP contribution < -0.4 is 0 Å². The number of phenols is 2. The quantitative estimate of drug-likeness (QED) is 0.214. The Morgan fingerprint density at radius 1 is 0.721 bits per heavy atom. The minimum Gasteiger partial charge on any atom is -0.508 e. The Hall–Kier alpha value is -3.82. The highest BCUT2D eigenvalue weighted by Crippen LogP contribution is 2.60. The first-order valence-electron chi connectivity index (χ1n) is 16.0. The number of hydrogen-bond acceptors (Lipinski definition) is 3. The summed E-state index contributed by atoms with van der Waals surface area (Å²) in [5.41, 5.74) is 9.07.